The van der Waals surface area contributed by atoms with Crippen LogP contribution in [-0.2, 0) is 13.0 Å². The van der Waals surface area contributed by atoms with Crippen molar-refractivity contribution in [3.8, 4) is 11.1 Å². The molecule has 2 aliphatic carbocycles. The first-order chi connectivity index (χ1) is 28.7. The molecule has 1 aliphatic heterocycles. The van der Waals surface area contributed by atoms with E-state index in [0.29, 0.717) is 5.92 Å². The van der Waals surface area contributed by atoms with E-state index in [1.54, 1.807) is 0 Å². The third-order valence-electron chi connectivity index (χ3n) is 13.7. The van der Waals surface area contributed by atoms with Gasteiger partial charge in [-0.15, -0.1) is 0 Å². The van der Waals surface area contributed by atoms with E-state index >= 15 is 0 Å². The van der Waals surface area contributed by atoms with Gasteiger partial charge >= 0.3 is 0 Å². The first kappa shape index (κ1) is 36.9. The normalized spacial score (nSPS) is 18.4. The maximum absolute atomic E-state index is 5.16. The summed E-state index contributed by atoms with van der Waals surface area (Å²) in [6.07, 6.45) is 12.7. The maximum atomic E-state index is 5.16. The average Bonchev–Trinajstić information content (AvgIpc) is 3.75. The van der Waals surface area contributed by atoms with Gasteiger partial charge in [0.25, 0.3) is 0 Å². The zero-order valence-electron chi connectivity index (χ0n) is 35.1. The molecule has 0 fully saturated rings. The lowest BCUT2D eigenvalue weighted by atomic mass is 9.76. The average molecular weight is 769 g/mol. The number of aromatic nitrogens is 2. The zero-order valence-corrected chi connectivity index (χ0v) is 35.1. The van der Waals surface area contributed by atoms with Crippen LogP contribution in [0.1, 0.15) is 76.6 Å². The Kier molecular flexibility index (Phi) is 9.05. The number of allylic oxidation sites excluding steroid dienone is 9. The molecule has 0 bridgehead atoms. The number of hydrogen-bond acceptors (Lipinski definition) is 3. The Morgan fingerprint density at radius 1 is 0.797 bits per heavy atom. The van der Waals surface area contributed by atoms with E-state index in [4.69, 9.17) is 4.98 Å². The van der Waals surface area contributed by atoms with E-state index in [1.165, 1.54) is 77.7 Å². The number of nitrogens with one attached hydrogen (secondary N) is 2. The zero-order chi connectivity index (χ0) is 40.4. The van der Waals surface area contributed by atoms with Crippen LogP contribution in [-0.4, -0.2) is 9.38 Å². The molecule has 0 spiro atoms. The minimum Gasteiger partial charge on any atom is -0.379 e. The SMILES string of the molecule is CCc1c(/C=C(C)/C(C)=C/C=C2/C3=C(C=C(c4ccc5c(c4)-c4ccccc4Nc4ccccc4NC5)CC3)C(C)(C)C2C)c2ccccc2n2c1nc1ccccc12. The van der Waals surface area contributed by atoms with Gasteiger partial charge in [0, 0.05) is 28.7 Å². The van der Waals surface area contributed by atoms with Gasteiger partial charge in [-0.2, -0.15) is 0 Å². The minimum atomic E-state index is 0.0330. The third-order valence-corrected chi connectivity index (χ3v) is 13.7. The summed E-state index contributed by atoms with van der Waals surface area (Å²) in [5.74, 6) is 0.411. The quantitative estimate of drug-likeness (QED) is 0.171. The minimum absolute atomic E-state index is 0.0330. The van der Waals surface area contributed by atoms with E-state index in [1.807, 2.05) is 0 Å². The summed E-state index contributed by atoms with van der Waals surface area (Å²) < 4.78 is 2.35. The summed E-state index contributed by atoms with van der Waals surface area (Å²) in [5.41, 5.74) is 24.1. The summed E-state index contributed by atoms with van der Waals surface area (Å²) in [5, 5.41) is 8.70. The molecule has 292 valence electrons. The van der Waals surface area contributed by atoms with Crippen molar-refractivity contribution in [3.05, 3.63) is 184 Å². The Balaban J connectivity index is 1.00. The molecule has 59 heavy (non-hydrogen) atoms. The number of para-hydroxylation sites is 6. The van der Waals surface area contributed by atoms with Crippen LogP contribution in [0.4, 0.5) is 17.1 Å². The Hall–Kier alpha value is -6.39. The lowest BCUT2D eigenvalue weighted by molar-refractivity contribution is 0.360. The van der Waals surface area contributed by atoms with E-state index < -0.39 is 0 Å². The monoisotopic (exact) mass is 768 g/mol. The fourth-order valence-corrected chi connectivity index (χ4v) is 9.89. The predicted molar refractivity (Wildman–Crippen MR) is 251 cm³/mol. The van der Waals surface area contributed by atoms with Crippen LogP contribution in [0.2, 0.25) is 0 Å². The van der Waals surface area contributed by atoms with Gasteiger partial charge in [0.05, 0.1) is 27.9 Å². The Bertz CT molecular complexity index is 3010. The highest BCUT2D eigenvalue weighted by atomic mass is 15.0. The lowest BCUT2D eigenvalue weighted by Crippen LogP contribution is -2.19. The molecule has 3 aliphatic rings. The van der Waals surface area contributed by atoms with Gasteiger partial charge in [-0.3, -0.25) is 4.40 Å². The molecule has 1 atom stereocenters. The molecule has 3 heterocycles. The van der Waals surface area contributed by atoms with Gasteiger partial charge in [0.1, 0.15) is 5.65 Å². The van der Waals surface area contributed by atoms with Gasteiger partial charge in [0.2, 0.25) is 0 Å². The number of anilines is 3. The van der Waals surface area contributed by atoms with Gasteiger partial charge in [0.15, 0.2) is 0 Å². The molecule has 4 heteroatoms. The molecule has 0 amide bonds. The molecule has 0 radical (unpaired) electrons. The van der Waals surface area contributed by atoms with Crippen molar-refractivity contribution in [2.75, 3.05) is 10.6 Å². The van der Waals surface area contributed by atoms with Gasteiger partial charge in [-0.25, -0.2) is 4.98 Å². The second-order valence-electron chi connectivity index (χ2n) is 17.3. The summed E-state index contributed by atoms with van der Waals surface area (Å²) in [7, 11) is 0. The molecule has 4 nitrogen and oxygen atoms in total. The molecular formula is C55H52N4. The standard InChI is InChI=1S/C55H52N4/c1-7-40-46(44-17-9-14-22-52(44)59-53-23-15-13-21-51(53)58-54(40)59)30-35(3)34(2)24-28-41-36(4)55(5,6)47-32-38(27-29-42(41)47)37-25-26-39-33-56-49-19-11-12-20-50(49)57-48-18-10-8-16-43(48)45(39)31-37/h8-26,28,30-32,36,56-57H,7,27,29,33H2,1-6H3/b34-24+,35-30+,41-28+. The highest BCUT2D eigenvalue weighted by molar-refractivity contribution is 5.98. The Morgan fingerprint density at radius 2 is 1.53 bits per heavy atom. The van der Waals surface area contributed by atoms with Crippen LogP contribution in [0.3, 0.4) is 0 Å². The summed E-state index contributed by atoms with van der Waals surface area (Å²) in [6.45, 7) is 14.9. The number of benzene rings is 5. The maximum Gasteiger partial charge on any atom is 0.142 e. The Labute approximate surface area is 348 Å². The van der Waals surface area contributed by atoms with Crippen LogP contribution in [0.25, 0.3) is 50.4 Å². The molecule has 10 rings (SSSR count). The first-order valence-electron chi connectivity index (χ1n) is 21.4. The summed E-state index contributed by atoms with van der Waals surface area (Å²) in [4.78, 5) is 5.16. The fourth-order valence-electron chi connectivity index (χ4n) is 9.89. The van der Waals surface area contributed by atoms with Gasteiger partial charge < -0.3 is 10.6 Å². The van der Waals surface area contributed by atoms with Crippen LogP contribution >= 0.6 is 0 Å². The van der Waals surface area contributed by atoms with Gasteiger partial charge in [-0.1, -0.05) is 125 Å². The summed E-state index contributed by atoms with van der Waals surface area (Å²) >= 11 is 0. The third kappa shape index (κ3) is 6.16. The van der Waals surface area contributed by atoms with Crippen LogP contribution in [0.5, 0.6) is 0 Å². The number of fused-ring (bicyclic) bond motifs is 9. The van der Waals surface area contributed by atoms with Crippen LogP contribution in [0, 0.1) is 11.3 Å². The molecule has 5 aromatic carbocycles. The smallest absolute Gasteiger partial charge is 0.142 e. The van der Waals surface area contributed by atoms with Crippen molar-refractivity contribution in [2.24, 2.45) is 11.3 Å². The van der Waals surface area contributed by atoms with Crippen molar-refractivity contribution in [1.82, 2.24) is 9.38 Å². The molecule has 0 saturated heterocycles. The number of pyridine rings is 1. The van der Waals surface area contributed by atoms with E-state index in [0.717, 1.165) is 59.5 Å². The second-order valence-corrected chi connectivity index (χ2v) is 17.3. The number of imidazole rings is 1. The molecule has 0 saturated carbocycles. The van der Waals surface area contributed by atoms with E-state index in [2.05, 4.69) is 196 Å². The molecule has 7 aromatic rings. The number of hydrogen-bond donors (Lipinski definition) is 2. The Morgan fingerprint density at radius 3 is 2.36 bits per heavy atom. The largest absolute Gasteiger partial charge is 0.379 e. The summed E-state index contributed by atoms with van der Waals surface area (Å²) in [6, 6.07) is 41.6. The van der Waals surface area contributed by atoms with Crippen molar-refractivity contribution in [3.63, 3.8) is 0 Å². The molecular weight excluding hydrogens is 717 g/mol. The lowest BCUT2D eigenvalue weighted by Gasteiger charge is -2.28. The number of aryl methyl sites for hydroxylation is 1. The van der Waals surface area contributed by atoms with Crippen molar-refractivity contribution >= 4 is 56.3 Å². The second kappa shape index (κ2) is 14.5. The molecule has 1 unspecified atom stereocenters. The first-order valence-corrected chi connectivity index (χ1v) is 21.4. The predicted octanol–water partition coefficient (Wildman–Crippen LogP) is 14.7. The molecule has 2 N–H and O–H groups in total. The fraction of sp³-hybridized carbons (Fsp3) is 0.218. The van der Waals surface area contributed by atoms with Crippen LogP contribution in [0.15, 0.2) is 161 Å². The van der Waals surface area contributed by atoms with Crippen LogP contribution < -0.4 is 10.6 Å². The van der Waals surface area contributed by atoms with E-state index in [-0.39, 0.29) is 5.41 Å². The van der Waals surface area contributed by atoms with Crippen molar-refractivity contribution < 1.29 is 0 Å². The number of nitrogens with zero attached hydrogens (tertiary/aromatic N) is 2. The van der Waals surface area contributed by atoms with E-state index in [9.17, 15) is 0 Å². The van der Waals surface area contributed by atoms with Crippen molar-refractivity contribution in [2.45, 2.75) is 67.3 Å². The highest BCUT2D eigenvalue weighted by Crippen LogP contribution is 2.55. The highest BCUT2D eigenvalue weighted by Gasteiger charge is 2.42. The van der Waals surface area contributed by atoms with Crippen molar-refractivity contribution in [1.29, 1.82) is 0 Å². The number of rotatable bonds is 5. The molecule has 2 aromatic heterocycles. The topological polar surface area (TPSA) is 41.4 Å². The van der Waals surface area contributed by atoms with Gasteiger partial charge in [-0.05, 0) is 143 Å².